The highest BCUT2D eigenvalue weighted by molar-refractivity contribution is 5.74. The number of aliphatic carboxylic acids is 1. The topological polar surface area (TPSA) is 72.8 Å². The first-order valence-corrected chi connectivity index (χ1v) is 10.1. The number of rotatable bonds is 14. The Morgan fingerprint density at radius 1 is 0.800 bits per heavy atom. The summed E-state index contributed by atoms with van der Waals surface area (Å²) in [4.78, 5) is 22.8. The van der Waals surface area contributed by atoms with Gasteiger partial charge in [0, 0.05) is 6.61 Å². The van der Waals surface area contributed by atoms with E-state index in [0.717, 1.165) is 13.0 Å². The average Bonchev–Trinajstić information content (AvgIpc) is 2.62. The molecule has 146 valence electrons. The highest BCUT2D eigenvalue weighted by Crippen LogP contribution is 2.29. The lowest BCUT2D eigenvalue weighted by Gasteiger charge is -2.24. The molecule has 0 radical (unpaired) electrons. The zero-order chi connectivity index (χ0) is 18.3. The van der Waals surface area contributed by atoms with Gasteiger partial charge >= 0.3 is 11.9 Å². The summed E-state index contributed by atoms with van der Waals surface area (Å²) in [6.07, 6.45) is 12.6. The van der Waals surface area contributed by atoms with Crippen LogP contribution in [0.4, 0.5) is 0 Å². The summed E-state index contributed by atoms with van der Waals surface area (Å²) in [7, 11) is 0. The van der Waals surface area contributed by atoms with Crippen molar-refractivity contribution < 1.29 is 24.2 Å². The lowest BCUT2D eigenvalue weighted by atomic mass is 9.82. The Labute approximate surface area is 152 Å². The Hall–Kier alpha value is -1.10. The summed E-state index contributed by atoms with van der Waals surface area (Å²) in [6, 6.07) is 0. The Balaban J connectivity index is 1.88. The number of esters is 1. The van der Waals surface area contributed by atoms with Gasteiger partial charge in [-0.25, -0.2) is 0 Å². The minimum absolute atomic E-state index is 0.136. The number of carbonyl (C=O) groups is 2. The molecule has 5 nitrogen and oxygen atoms in total. The number of unbranched alkanes of at least 4 members (excludes halogenated alkanes) is 7. The molecule has 1 N–H and O–H groups in total. The van der Waals surface area contributed by atoms with Gasteiger partial charge in [0.15, 0.2) is 0 Å². The molecule has 0 unspecified atom stereocenters. The van der Waals surface area contributed by atoms with Crippen LogP contribution in [-0.2, 0) is 19.1 Å². The van der Waals surface area contributed by atoms with E-state index in [1.54, 1.807) is 0 Å². The Morgan fingerprint density at radius 2 is 1.36 bits per heavy atom. The van der Waals surface area contributed by atoms with Gasteiger partial charge in [-0.2, -0.15) is 0 Å². The highest BCUT2D eigenvalue weighted by atomic mass is 16.6. The second-order valence-corrected chi connectivity index (χ2v) is 7.14. The van der Waals surface area contributed by atoms with Crippen LogP contribution in [0.5, 0.6) is 0 Å². The average molecular weight is 357 g/mol. The number of carboxylic acids is 1. The quantitative estimate of drug-likeness (QED) is 0.364. The zero-order valence-electron chi connectivity index (χ0n) is 15.8. The molecule has 5 heteroatoms. The van der Waals surface area contributed by atoms with Crippen LogP contribution in [0.2, 0.25) is 0 Å². The second-order valence-electron chi connectivity index (χ2n) is 7.14. The largest absolute Gasteiger partial charge is 0.481 e. The van der Waals surface area contributed by atoms with Gasteiger partial charge < -0.3 is 14.6 Å². The fraction of sp³-hybridized carbons (Fsp3) is 0.900. The van der Waals surface area contributed by atoms with Crippen molar-refractivity contribution in [3.63, 3.8) is 0 Å². The van der Waals surface area contributed by atoms with Crippen LogP contribution in [0.1, 0.15) is 84.0 Å². The molecule has 25 heavy (non-hydrogen) atoms. The van der Waals surface area contributed by atoms with E-state index in [1.807, 2.05) is 0 Å². The van der Waals surface area contributed by atoms with Crippen LogP contribution >= 0.6 is 0 Å². The molecule has 1 fully saturated rings. The summed E-state index contributed by atoms with van der Waals surface area (Å²) in [5.74, 6) is -1.37. The summed E-state index contributed by atoms with van der Waals surface area (Å²) >= 11 is 0. The Morgan fingerprint density at radius 3 is 1.96 bits per heavy atom. The van der Waals surface area contributed by atoms with Crippen molar-refractivity contribution in [3.05, 3.63) is 0 Å². The van der Waals surface area contributed by atoms with Crippen molar-refractivity contribution in [1.29, 1.82) is 0 Å². The molecule has 0 aromatic rings. The number of carbonyl (C=O) groups excluding carboxylic acids is 1. The van der Waals surface area contributed by atoms with Crippen molar-refractivity contribution in [2.24, 2.45) is 11.8 Å². The van der Waals surface area contributed by atoms with E-state index in [2.05, 4.69) is 6.92 Å². The monoisotopic (exact) mass is 356 g/mol. The van der Waals surface area contributed by atoms with Gasteiger partial charge in [-0.1, -0.05) is 51.9 Å². The summed E-state index contributed by atoms with van der Waals surface area (Å²) in [5.41, 5.74) is 0. The molecule has 0 heterocycles. The van der Waals surface area contributed by atoms with Crippen LogP contribution in [-0.4, -0.2) is 36.9 Å². The Bertz CT molecular complexity index is 361. The van der Waals surface area contributed by atoms with E-state index in [9.17, 15) is 9.59 Å². The van der Waals surface area contributed by atoms with Crippen LogP contribution in [0.3, 0.4) is 0 Å². The number of hydrogen-bond acceptors (Lipinski definition) is 4. The summed E-state index contributed by atoms with van der Waals surface area (Å²) in [6.45, 7) is 3.72. The lowest BCUT2D eigenvalue weighted by molar-refractivity contribution is -0.153. The van der Waals surface area contributed by atoms with Gasteiger partial charge in [-0.05, 0) is 32.1 Å². The number of carboxylic acid groups (broad SMARTS) is 1. The van der Waals surface area contributed by atoms with Gasteiger partial charge in [0.05, 0.1) is 18.4 Å². The van der Waals surface area contributed by atoms with Gasteiger partial charge in [0.1, 0.15) is 6.61 Å². The first-order valence-electron chi connectivity index (χ1n) is 10.1. The van der Waals surface area contributed by atoms with Crippen LogP contribution in [0.15, 0.2) is 0 Å². The minimum atomic E-state index is -0.749. The van der Waals surface area contributed by atoms with Gasteiger partial charge in [-0.15, -0.1) is 0 Å². The van der Waals surface area contributed by atoms with Crippen LogP contribution < -0.4 is 0 Å². The predicted octanol–water partition coefficient (Wildman–Crippen LogP) is 4.58. The van der Waals surface area contributed by atoms with E-state index >= 15 is 0 Å². The van der Waals surface area contributed by atoms with Crippen LogP contribution in [0, 0.1) is 11.8 Å². The highest BCUT2D eigenvalue weighted by Gasteiger charge is 2.30. The minimum Gasteiger partial charge on any atom is -0.481 e. The fourth-order valence-electron chi connectivity index (χ4n) is 3.34. The molecule has 0 aromatic heterocycles. The molecule has 0 spiro atoms. The van der Waals surface area contributed by atoms with Gasteiger partial charge in [0.25, 0.3) is 0 Å². The van der Waals surface area contributed by atoms with Crippen molar-refractivity contribution in [1.82, 2.24) is 0 Å². The van der Waals surface area contributed by atoms with Crippen molar-refractivity contribution in [2.75, 3.05) is 19.8 Å². The van der Waals surface area contributed by atoms with E-state index < -0.39 is 5.97 Å². The van der Waals surface area contributed by atoms with E-state index in [-0.39, 0.29) is 17.8 Å². The Kier molecular flexibility index (Phi) is 12.4. The molecule has 1 rings (SSSR count). The van der Waals surface area contributed by atoms with Crippen molar-refractivity contribution in [3.8, 4) is 0 Å². The molecule has 0 bridgehead atoms. The van der Waals surface area contributed by atoms with E-state index in [0.29, 0.717) is 38.9 Å². The molecule has 1 aliphatic rings. The van der Waals surface area contributed by atoms with E-state index in [4.69, 9.17) is 14.6 Å². The molecule has 0 aromatic carbocycles. The molecule has 1 saturated carbocycles. The third kappa shape index (κ3) is 10.5. The molecule has 1 aliphatic carbocycles. The summed E-state index contributed by atoms with van der Waals surface area (Å²) in [5, 5.41) is 8.96. The molecule has 0 amide bonds. The smallest absolute Gasteiger partial charge is 0.309 e. The SMILES string of the molecule is CCCCCCCCCCOCCOC(=O)C1CCC(C(=O)O)CC1. The number of hydrogen-bond donors (Lipinski definition) is 1. The third-order valence-electron chi connectivity index (χ3n) is 5.02. The molecular formula is C20H36O5. The fourth-order valence-corrected chi connectivity index (χ4v) is 3.34. The normalized spacial score (nSPS) is 20.4. The zero-order valence-corrected chi connectivity index (χ0v) is 15.8. The van der Waals surface area contributed by atoms with E-state index in [1.165, 1.54) is 44.9 Å². The van der Waals surface area contributed by atoms with Crippen molar-refractivity contribution >= 4 is 11.9 Å². The maximum Gasteiger partial charge on any atom is 0.309 e. The second kappa shape index (κ2) is 14.1. The lowest BCUT2D eigenvalue weighted by Crippen LogP contribution is -2.27. The molecule has 0 saturated heterocycles. The van der Waals surface area contributed by atoms with Gasteiger partial charge in [-0.3, -0.25) is 9.59 Å². The standard InChI is InChI=1S/C20H36O5/c1-2-3-4-5-6-7-8-9-14-24-15-16-25-20(23)18-12-10-17(11-13-18)19(21)22/h17-18H,2-16H2,1H3,(H,21,22). The molecule has 0 aliphatic heterocycles. The summed E-state index contributed by atoms with van der Waals surface area (Å²) < 4.78 is 10.8. The number of ether oxygens (including phenoxy) is 2. The molecular weight excluding hydrogens is 320 g/mol. The first kappa shape index (κ1) is 21.9. The van der Waals surface area contributed by atoms with Crippen LogP contribution in [0.25, 0.3) is 0 Å². The predicted molar refractivity (Wildman–Crippen MR) is 97.5 cm³/mol. The molecule has 0 atom stereocenters. The maximum atomic E-state index is 11.9. The maximum absolute atomic E-state index is 11.9. The van der Waals surface area contributed by atoms with Gasteiger partial charge in [0.2, 0.25) is 0 Å². The first-order chi connectivity index (χ1) is 12.1. The third-order valence-corrected chi connectivity index (χ3v) is 5.02. The van der Waals surface area contributed by atoms with Crippen molar-refractivity contribution in [2.45, 2.75) is 84.0 Å².